The minimum atomic E-state index is -0.0564. The van der Waals surface area contributed by atoms with Gasteiger partial charge in [0, 0.05) is 30.8 Å². The van der Waals surface area contributed by atoms with Crippen LogP contribution in [0.1, 0.15) is 53.9 Å². The minimum Gasteiger partial charge on any atom is -0.349 e. The zero-order valence-corrected chi connectivity index (χ0v) is 14.8. The summed E-state index contributed by atoms with van der Waals surface area (Å²) in [5.74, 6) is 1.81. The van der Waals surface area contributed by atoms with Crippen LogP contribution in [0.4, 0.5) is 5.82 Å². The lowest BCUT2D eigenvalue weighted by Gasteiger charge is -2.29. The maximum Gasteiger partial charge on any atom is 0.272 e. The molecule has 1 saturated carbocycles. The number of fused-ring (bicyclic) bond motifs is 1. The largest absolute Gasteiger partial charge is 0.349 e. The van der Waals surface area contributed by atoms with Crippen molar-refractivity contribution in [3.8, 4) is 0 Å². The molecule has 4 rings (SSSR count). The van der Waals surface area contributed by atoms with Crippen molar-refractivity contribution in [2.45, 2.75) is 58.7 Å². The van der Waals surface area contributed by atoms with E-state index in [0.29, 0.717) is 18.3 Å². The summed E-state index contributed by atoms with van der Waals surface area (Å²) >= 11 is 0. The molecule has 0 aromatic carbocycles. The normalized spacial score (nSPS) is 16.6. The lowest BCUT2D eigenvalue weighted by Crippen LogP contribution is -2.34. The van der Waals surface area contributed by atoms with Gasteiger partial charge in [-0.15, -0.1) is 0 Å². The Labute approximate surface area is 147 Å². The summed E-state index contributed by atoms with van der Waals surface area (Å²) in [6, 6.07) is 4.29. The zero-order valence-electron chi connectivity index (χ0n) is 14.8. The molecule has 3 heterocycles. The topological polar surface area (TPSA) is 75.9 Å². The standard InChI is InChI=1S/C18H24N6O/c1-3-4-16-19-12(2)9-17(21-16)23-7-8-24-14(11-23)10-15(22-24)18(25)20-13-5-6-13/h9-10,13H,3-8,11H2,1-2H3,(H,20,25). The van der Waals surface area contributed by atoms with Gasteiger partial charge in [-0.2, -0.15) is 5.10 Å². The SMILES string of the molecule is CCCc1nc(C)cc(N2CCn3nc(C(=O)NC4CC4)cc3C2)n1. The van der Waals surface area contributed by atoms with Gasteiger partial charge in [-0.3, -0.25) is 9.48 Å². The molecule has 1 fully saturated rings. The Kier molecular flexibility index (Phi) is 4.15. The van der Waals surface area contributed by atoms with Gasteiger partial charge in [-0.1, -0.05) is 6.92 Å². The van der Waals surface area contributed by atoms with E-state index >= 15 is 0 Å². The summed E-state index contributed by atoms with van der Waals surface area (Å²) in [5.41, 5.74) is 2.58. The molecule has 2 aromatic rings. The molecule has 7 heteroatoms. The number of nitrogens with one attached hydrogen (secondary N) is 1. The van der Waals surface area contributed by atoms with Crippen molar-refractivity contribution in [2.24, 2.45) is 0 Å². The lowest BCUT2D eigenvalue weighted by molar-refractivity contribution is 0.0945. The van der Waals surface area contributed by atoms with Crippen molar-refractivity contribution in [3.63, 3.8) is 0 Å². The number of hydrogen-bond acceptors (Lipinski definition) is 5. The van der Waals surface area contributed by atoms with Crippen LogP contribution in [0.5, 0.6) is 0 Å². The highest BCUT2D eigenvalue weighted by atomic mass is 16.2. The molecule has 132 valence electrons. The number of nitrogens with zero attached hydrogens (tertiary/aromatic N) is 5. The molecule has 25 heavy (non-hydrogen) atoms. The predicted molar refractivity (Wildman–Crippen MR) is 94.5 cm³/mol. The Balaban J connectivity index is 1.52. The molecule has 0 radical (unpaired) electrons. The van der Waals surface area contributed by atoms with Crippen LogP contribution in [0.2, 0.25) is 0 Å². The van der Waals surface area contributed by atoms with Gasteiger partial charge in [0.25, 0.3) is 5.91 Å². The number of carbonyl (C=O) groups excluding carboxylic acids is 1. The number of aromatic nitrogens is 4. The Morgan fingerprint density at radius 2 is 2.12 bits per heavy atom. The fourth-order valence-corrected chi connectivity index (χ4v) is 3.17. The summed E-state index contributed by atoms with van der Waals surface area (Å²) in [6.45, 7) is 6.46. The van der Waals surface area contributed by atoms with E-state index in [1.165, 1.54) is 0 Å². The summed E-state index contributed by atoms with van der Waals surface area (Å²) in [6.07, 6.45) is 4.10. The first-order valence-electron chi connectivity index (χ1n) is 9.09. The number of anilines is 1. The Morgan fingerprint density at radius 1 is 1.28 bits per heavy atom. The second-order valence-electron chi connectivity index (χ2n) is 6.95. The Morgan fingerprint density at radius 3 is 2.88 bits per heavy atom. The van der Waals surface area contributed by atoms with Gasteiger partial charge >= 0.3 is 0 Å². The van der Waals surface area contributed by atoms with E-state index < -0.39 is 0 Å². The van der Waals surface area contributed by atoms with Crippen LogP contribution in [-0.2, 0) is 19.5 Å². The van der Waals surface area contributed by atoms with Crippen LogP contribution in [-0.4, -0.2) is 38.2 Å². The van der Waals surface area contributed by atoms with Gasteiger partial charge < -0.3 is 10.2 Å². The molecule has 1 aliphatic heterocycles. The summed E-state index contributed by atoms with van der Waals surface area (Å²) < 4.78 is 1.94. The van der Waals surface area contributed by atoms with Gasteiger partial charge in [0.05, 0.1) is 18.8 Å². The molecule has 0 saturated heterocycles. The lowest BCUT2D eigenvalue weighted by atomic mass is 10.2. The molecule has 0 spiro atoms. The van der Waals surface area contributed by atoms with Crippen molar-refractivity contribution in [3.05, 3.63) is 35.0 Å². The van der Waals surface area contributed by atoms with Crippen LogP contribution in [0.25, 0.3) is 0 Å². The molecule has 2 aromatic heterocycles. The highest BCUT2D eigenvalue weighted by Crippen LogP contribution is 2.22. The highest BCUT2D eigenvalue weighted by molar-refractivity contribution is 5.92. The molecular formula is C18H24N6O. The van der Waals surface area contributed by atoms with Gasteiger partial charge in [-0.05, 0) is 32.3 Å². The van der Waals surface area contributed by atoms with Crippen LogP contribution in [0.15, 0.2) is 12.1 Å². The first kappa shape index (κ1) is 16.1. The second-order valence-corrected chi connectivity index (χ2v) is 6.95. The molecule has 0 bridgehead atoms. The monoisotopic (exact) mass is 340 g/mol. The molecule has 1 aliphatic carbocycles. The van der Waals surface area contributed by atoms with Crippen LogP contribution in [0, 0.1) is 6.92 Å². The molecule has 7 nitrogen and oxygen atoms in total. The number of hydrogen-bond donors (Lipinski definition) is 1. The van der Waals surface area contributed by atoms with E-state index in [1.54, 1.807) is 0 Å². The van der Waals surface area contributed by atoms with E-state index in [0.717, 1.165) is 61.8 Å². The first-order chi connectivity index (χ1) is 12.1. The number of amides is 1. The maximum absolute atomic E-state index is 12.2. The Bertz CT molecular complexity index is 795. The molecule has 0 atom stereocenters. The van der Waals surface area contributed by atoms with Crippen LogP contribution < -0.4 is 10.2 Å². The molecule has 1 N–H and O–H groups in total. The van der Waals surface area contributed by atoms with Gasteiger partial charge in [0.1, 0.15) is 11.6 Å². The van der Waals surface area contributed by atoms with Gasteiger partial charge in [0.2, 0.25) is 0 Å². The van der Waals surface area contributed by atoms with Gasteiger partial charge in [0.15, 0.2) is 5.69 Å². The fourth-order valence-electron chi connectivity index (χ4n) is 3.17. The maximum atomic E-state index is 12.2. The number of carbonyl (C=O) groups is 1. The van der Waals surface area contributed by atoms with Gasteiger partial charge in [-0.25, -0.2) is 9.97 Å². The fraction of sp³-hybridized carbons (Fsp3) is 0.556. The average molecular weight is 340 g/mol. The number of rotatable bonds is 5. The van der Waals surface area contributed by atoms with Crippen molar-refractivity contribution in [1.82, 2.24) is 25.1 Å². The third-order valence-corrected chi connectivity index (χ3v) is 4.63. The minimum absolute atomic E-state index is 0.0564. The van der Waals surface area contributed by atoms with Crippen LogP contribution >= 0.6 is 0 Å². The zero-order chi connectivity index (χ0) is 17.4. The van der Waals surface area contributed by atoms with E-state index in [2.05, 4.69) is 27.2 Å². The van der Waals surface area contributed by atoms with Crippen molar-refractivity contribution in [2.75, 3.05) is 11.4 Å². The van der Waals surface area contributed by atoms with Crippen LogP contribution in [0.3, 0.4) is 0 Å². The van der Waals surface area contributed by atoms with E-state index in [9.17, 15) is 4.79 Å². The Hall–Kier alpha value is -2.44. The van der Waals surface area contributed by atoms with Crippen molar-refractivity contribution < 1.29 is 4.79 Å². The average Bonchev–Trinajstić information content (AvgIpc) is 3.29. The van der Waals surface area contributed by atoms with Crippen molar-refractivity contribution >= 4 is 11.7 Å². The molecule has 0 unspecified atom stereocenters. The molecule has 2 aliphatic rings. The van der Waals surface area contributed by atoms with E-state index in [1.807, 2.05) is 23.7 Å². The quantitative estimate of drug-likeness (QED) is 0.899. The number of aryl methyl sites for hydroxylation is 2. The van der Waals surface area contributed by atoms with Crippen molar-refractivity contribution in [1.29, 1.82) is 0 Å². The molecule has 1 amide bonds. The second kappa shape index (κ2) is 6.46. The molecular weight excluding hydrogens is 316 g/mol. The smallest absolute Gasteiger partial charge is 0.272 e. The predicted octanol–water partition coefficient (Wildman–Crippen LogP) is 1.85. The summed E-state index contributed by atoms with van der Waals surface area (Å²) in [7, 11) is 0. The summed E-state index contributed by atoms with van der Waals surface area (Å²) in [4.78, 5) is 23.7. The van der Waals surface area contributed by atoms with E-state index in [-0.39, 0.29) is 5.91 Å². The highest BCUT2D eigenvalue weighted by Gasteiger charge is 2.27. The van der Waals surface area contributed by atoms with E-state index in [4.69, 9.17) is 4.98 Å². The summed E-state index contributed by atoms with van der Waals surface area (Å²) in [5, 5.41) is 7.47. The first-order valence-corrected chi connectivity index (χ1v) is 9.09. The third-order valence-electron chi connectivity index (χ3n) is 4.63. The third kappa shape index (κ3) is 3.50.